The highest BCUT2D eigenvalue weighted by atomic mass is 16.5. The highest BCUT2D eigenvalue weighted by Crippen LogP contribution is 2.11. The maximum absolute atomic E-state index is 8.73. The predicted molar refractivity (Wildman–Crippen MR) is 64.2 cm³/mol. The molecule has 17 heavy (non-hydrogen) atoms. The molecule has 4 heteroatoms. The number of pyridine rings is 1. The molecule has 0 spiro atoms. The quantitative estimate of drug-likeness (QED) is 0.852. The molecule has 1 aromatic rings. The van der Waals surface area contributed by atoms with E-state index in [2.05, 4.69) is 10.3 Å². The standard InChI is InChI=1S/C13H17N3O/c14-7-13-6-11(3-5-16-13)9-17-10-12-2-1-4-15-8-12/h3,5-6,12,15H,1-2,4,8-10H2. The molecule has 1 aromatic heterocycles. The van der Waals surface area contributed by atoms with E-state index in [0.29, 0.717) is 18.2 Å². The van der Waals surface area contributed by atoms with E-state index in [4.69, 9.17) is 10.00 Å². The molecule has 2 rings (SSSR count). The van der Waals surface area contributed by atoms with Crippen LogP contribution in [0.3, 0.4) is 0 Å². The normalized spacial score (nSPS) is 19.8. The molecule has 1 N–H and O–H groups in total. The molecule has 1 saturated heterocycles. The van der Waals surface area contributed by atoms with Crippen LogP contribution in [0.1, 0.15) is 24.1 Å². The van der Waals surface area contributed by atoms with Crippen LogP contribution in [0.15, 0.2) is 18.3 Å². The highest BCUT2D eigenvalue weighted by molar-refractivity contribution is 5.24. The largest absolute Gasteiger partial charge is 0.376 e. The van der Waals surface area contributed by atoms with Gasteiger partial charge in [-0.25, -0.2) is 4.98 Å². The fraction of sp³-hybridized carbons (Fsp3) is 0.538. The van der Waals surface area contributed by atoms with Gasteiger partial charge in [-0.3, -0.25) is 0 Å². The van der Waals surface area contributed by atoms with Gasteiger partial charge in [-0.2, -0.15) is 5.26 Å². The molecule has 1 aliphatic rings. The first-order valence-corrected chi connectivity index (χ1v) is 6.02. The van der Waals surface area contributed by atoms with E-state index in [1.165, 1.54) is 12.8 Å². The Morgan fingerprint density at radius 3 is 3.29 bits per heavy atom. The third-order valence-electron chi connectivity index (χ3n) is 2.96. The smallest absolute Gasteiger partial charge is 0.140 e. The number of aromatic nitrogens is 1. The SMILES string of the molecule is N#Cc1cc(COCC2CCCNC2)ccn1. The minimum absolute atomic E-state index is 0.449. The van der Waals surface area contributed by atoms with Crippen LogP contribution >= 0.6 is 0 Å². The molecule has 2 heterocycles. The number of rotatable bonds is 4. The van der Waals surface area contributed by atoms with Crippen LogP contribution in [0.5, 0.6) is 0 Å². The Morgan fingerprint density at radius 1 is 1.59 bits per heavy atom. The number of hydrogen-bond acceptors (Lipinski definition) is 4. The third-order valence-corrected chi connectivity index (χ3v) is 2.96. The van der Waals surface area contributed by atoms with Crippen LogP contribution in [0, 0.1) is 17.2 Å². The second-order valence-electron chi connectivity index (χ2n) is 4.39. The minimum Gasteiger partial charge on any atom is -0.376 e. The van der Waals surface area contributed by atoms with Crippen molar-refractivity contribution < 1.29 is 4.74 Å². The van der Waals surface area contributed by atoms with Crippen molar-refractivity contribution in [1.82, 2.24) is 10.3 Å². The van der Waals surface area contributed by atoms with E-state index >= 15 is 0 Å². The van der Waals surface area contributed by atoms with Gasteiger partial charge in [0.15, 0.2) is 0 Å². The molecule has 0 aromatic carbocycles. The van der Waals surface area contributed by atoms with E-state index in [1.807, 2.05) is 12.1 Å². The van der Waals surface area contributed by atoms with Crippen molar-refractivity contribution in [3.8, 4) is 6.07 Å². The van der Waals surface area contributed by atoms with E-state index in [0.717, 1.165) is 25.3 Å². The Kier molecular flexibility index (Phi) is 4.48. The van der Waals surface area contributed by atoms with E-state index in [-0.39, 0.29) is 0 Å². The van der Waals surface area contributed by atoms with Gasteiger partial charge in [-0.15, -0.1) is 0 Å². The lowest BCUT2D eigenvalue weighted by Gasteiger charge is -2.22. The lowest BCUT2D eigenvalue weighted by atomic mass is 10.0. The molecular weight excluding hydrogens is 214 g/mol. The molecule has 0 aliphatic carbocycles. The lowest BCUT2D eigenvalue weighted by Crippen LogP contribution is -2.32. The molecule has 90 valence electrons. The van der Waals surface area contributed by atoms with Crippen LogP contribution in [0.4, 0.5) is 0 Å². The monoisotopic (exact) mass is 231 g/mol. The van der Waals surface area contributed by atoms with Crippen molar-refractivity contribution in [1.29, 1.82) is 5.26 Å². The van der Waals surface area contributed by atoms with E-state index in [9.17, 15) is 0 Å². The first-order chi connectivity index (χ1) is 8.38. The fourth-order valence-corrected chi connectivity index (χ4v) is 2.03. The van der Waals surface area contributed by atoms with Gasteiger partial charge in [-0.1, -0.05) is 0 Å². The summed E-state index contributed by atoms with van der Waals surface area (Å²) in [6.45, 7) is 3.54. The zero-order valence-corrected chi connectivity index (χ0v) is 9.85. The second kappa shape index (κ2) is 6.33. The van der Waals surface area contributed by atoms with Crippen LogP contribution in [-0.2, 0) is 11.3 Å². The summed E-state index contributed by atoms with van der Waals surface area (Å²) in [4.78, 5) is 3.93. The number of piperidine rings is 1. The van der Waals surface area contributed by atoms with Gasteiger partial charge < -0.3 is 10.1 Å². The zero-order valence-electron chi connectivity index (χ0n) is 9.85. The molecule has 1 unspecified atom stereocenters. The number of hydrogen-bond donors (Lipinski definition) is 1. The second-order valence-corrected chi connectivity index (χ2v) is 4.39. The first kappa shape index (κ1) is 12.0. The van der Waals surface area contributed by atoms with Gasteiger partial charge in [0.1, 0.15) is 11.8 Å². The molecule has 1 aliphatic heterocycles. The molecule has 0 saturated carbocycles. The molecule has 4 nitrogen and oxygen atoms in total. The number of nitrogens with zero attached hydrogens (tertiary/aromatic N) is 2. The van der Waals surface area contributed by atoms with Gasteiger partial charge in [-0.05, 0) is 43.0 Å². The Labute approximate surface area is 102 Å². The third kappa shape index (κ3) is 3.81. The summed E-state index contributed by atoms with van der Waals surface area (Å²) < 4.78 is 5.68. The van der Waals surface area contributed by atoms with Crippen LogP contribution < -0.4 is 5.32 Å². The van der Waals surface area contributed by atoms with Gasteiger partial charge in [0.2, 0.25) is 0 Å². The fourth-order valence-electron chi connectivity index (χ4n) is 2.03. The Hall–Kier alpha value is -1.44. The number of nitrogens with one attached hydrogen (secondary N) is 1. The van der Waals surface area contributed by atoms with Crippen LogP contribution in [0.2, 0.25) is 0 Å². The van der Waals surface area contributed by atoms with Gasteiger partial charge in [0.05, 0.1) is 13.2 Å². The summed E-state index contributed by atoms with van der Waals surface area (Å²) >= 11 is 0. The predicted octanol–water partition coefficient (Wildman–Crippen LogP) is 1.47. The molecule has 0 bridgehead atoms. The summed E-state index contributed by atoms with van der Waals surface area (Å²) in [5, 5.41) is 12.1. The van der Waals surface area contributed by atoms with Crippen molar-refractivity contribution in [2.24, 2.45) is 5.92 Å². The Balaban J connectivity index is 1.75. The first-order valence-electron chi connectivity index (χ1n) is 6.02. The van der Waals surface area contributed by atoms with Crippen LogP contribution in [0.25, 0.3) is 0 Å². The van der Waals surface area contributed by atoms with Crippen LogP contribution in [-0.4, -0.2) is 24.7 Å². The topological polar surface area (TPSA) is 57.9 Å². The van der Waals surface area contributed by atoms with Gasteiger partial charge in [0, 0.05) is 12.7 Å². The van der Waals surface area contributed by atoms with Crippen molar-refractivity contribution >= 4 is 0 Å². The number of ether oxygens (including phenoxy) is 1. The molecule has 1 fully saturated rings. The van der Waals surface area contributed by atoms with Gasteiger partial charge in [0.25, 0.3) is 0 Å². The number of nitriles is 1. The van der Waals surface area contributed by atoms with Crippen molar-refractivity contribution in [2.75, 3.05) is 19.7 Å². The summed E-state index contributed by atoms with van der Waals surface area (Å²) in [7, 11) is 0. The minimum atomic E-state index is 0.449. The van der Waals surface area contributed by atoms with Crippen molar-refractivity contribution in [3.63, 3.8) is 0 Å². The van der Waals surface area contributed by atoms with E-state index in [1.54, 1.807) is 12.3 Å². The summed E-state index contributed by atoms with van der Waals surface area (Å²) in [6, 6.07) is 5.70. The summed E-state index contributed by atoms with van der Waals surface area (Å²) in [5.74, 6) is 0.626. The van der Waals surface area contributed by atoms with Gasteiger partial charge >= 0.3 is 0 Å². The Bertz CT molecular complexity index is 394. The summed E-state index contributed by atoms with van der Waals surface area (Å²) in [6.07, 6.45) is 4.13. The maximum Gasteiger partial charge on any atom is 0.140 e. The molecule has 1 atom stereocenters. The zero-order chi connectivity index (χ0) is 11.9. The average Bonchev–Trinajstić information content (AvgIpc) is 2.40. The van der Waals surface area contributed by atoms with E-state index < -0.39 is 0 Å². The molecule has 0 amide bonds. The Morgan fingerprint density at radius 2 is 2.53 bits per heavy atom. The highest BCUT2D eigenvalue weighted by Gasteiger charge is 2.12. The summed E-state index contributed by atoms with van der Waals surface area (Å²) in [5.41, 5.74) is 1.46. The molecule has 0 radical (unpaired) electrons. The molecular formula is C13H17N3O. The van der Waals surface area contributed by atoms with Crippen molar-refractivity contribution in [2.45, 2.75) is 19.4 Å². The lowest BCUT2D eigenvalue weighted by molar-refractivity contribution is 0.0782. The van der Waals surface area contributed by atoms with Crippen molar-refractivity contribution in [3.05, 3.63) is 29.6 Å². The maximum atomic E-state index is 8.73. The average molecular weight is 231 g/mol.